The smallest absolute Gasteiger partial charge is 0.426 e. The van der Waals surface area contributed by atoms with Crippen molar-refractivity contribution in [3.8, 4) is 0 Å². The van der Waals surface area contributed by atoms with Gasteiger partial charge in [-0.05, 0) is 32.4 Å². The van der Waals surface area contributed by atoms with Gasteiger partial charge in [-0.3, -0.25) is 4.90 Å². The van der Waals surface area contributed by atoms with Gasteiger partial charge in [0.05, 0.1) is 13.2 Å². The molecule has 2 atom stereocenters. The number of methoxy groups -OCH3 is 1. The summed E-state index contributed by atoms with van der Waals surface area (Å²) in [6.07, 6.45) is 2.56. The van der Waals surface area contributed by atoms with Crippen molar-refractivity contribution in [2.75, 3.05) is 7.11 Å². The molecule has 2 rings (SSSR count). The fraction of sp³-hybridized carbons (Fsp3) is 0.375. The Morgan fingerprint density at radius 2 is 1.83 bits per heavy atom. The summed E-state index contributed by atoms with van der Waals surface area (Å²) < 4.78 is 33.9. The third-order valence-electron chi connectivity index (χ3n) is 3.72. The lowest BCUT2D eigenvalue weighted by Gasteiger charge is -2.34. The molecule has 0 aromatic heterocycles. The Morgan fingerprint density at radius 1 is 1.21 bits per heavy atom. The number of ether oxygens (including phenoxy) is 1. The molecule has 7 nitrogen and oxygen atoms in total. The van der Waals surface area contributed by atoms with E-state index in [1.165, 1.54) is 19.2 Å². The monoisotopic (exact) mass is 353 g/mol. The highest BCUT2D eigenvalue weighted by atomic mass is 32.2. The van der Waals surface area contributed by atoms with Crippen LogP contribution in [0.1, 0.15) is 18.9 Å². The summed E-state index contributed by atoms with van der Waals surface area (Å²) in [4.78, 5) is 25.2. The van der Waals surface area contributed by atoms with E-state index in [4.69, 9.17) is 4.18 Å². The molecule has 1 amide bonds. The zero-order valence-electron chi connectivity index (χ0n) is 13.6. The van der Waals surface area contributed by atoms with Crippen LogP contribution in [0, 0.1) is 6.92 Å². The molecule has 24 heavy (non-hydrogen) atoms. The van der Waals surface area contributed by atoms with Gasteiger partial charge in [-0.1, -0.05) is 29.8 Å². The van der Waals surface area contributed by atoms with Crippen molar-refractivity contribution < 1.29 is 26.9 Å². The van der Waals surface area contributed by atoms with E-state index >= 15 is 0 Å². The fourth-order valence-corrected chi connectivity index (χ4v) is 3.26. The number of nitrogens with zero attached hydrogens (tertiary/aromatic N) is 1. The molecule has 1 aromatic rings. The standard InChI is InChI=1S/C16H19NO6S/c1-11-7-9-13(10-8-11)24(20,21)23-16(19)17-12(2)5-4-6-14(17)15(18)22-3/h4-5,7-10,12,14H,6H2,1-3H3/t12-,14-/m1/s1. The summed E-state index contributed by atoms with van der Waals surface area (Å²) in [6.45, 7) is 3.47. The molecule has 130 valence electrons. The number of hydrogen-bond donors (Lipinski definition) is 0. The van der Waals surface area contributed by atoms with Crippen molar-refractivity contribution >= 4 is 22.2 Å². The zero-order valence-corrected chi connectivity index (χ0v) is 14.4. The van der Waals surface area contributed by atoms with Crippen molar-refractivity contribution in [3.63, 3.8) is 0 Å². The van der Waals surface area contributed by atoms with E-state index in [-0.39, 0.29) is 11.3 Å². The number of carbonyl (C=O) groups excluding carboxylic acids is 2. The molecule has 0 aliphatic carbocycles. The van der Waals surface area contributed by atoms with Gasteiger partial charge >= 0.3 is 22.2 Å². The molecular weight excluding hydrogens is 334 g/mol. The Labute approximate surface area is 141 Å². The molecule has 8 heteroatoms. The summed E-state index contributed by atoms with van der Waals surface area (Å²) in [5, 5.41) is 0. The van der Waals surface area contributed by atoms with Gasteiger partial charge in [-0.2, -0.15) is 8.42 Å². The molecule has 0 radical (unpaired) electrons. The minimum absolute atomic E-state index is 0.128. The maximum atomic E-state index is 12.4. The highest BCUT2D eigenvalue weighted by Crippen LogP contribution is 2.22. The summed E-state index contributed by atoms with van der Waals surface area (Å²) in [5.41, 5.74) is 0.876. The van der Waals surface area contributed by atoms with Gasteiger partial charge in [0.1, 0.15) is 10.9 Å². The maximum Gasteiger partial charge on any atom is 0.426 e. The number of aryl methyl sites for hydroxylation is 1. The van der Waals surface area contributed by atoms with Gasteiger partial charge in [0, 0.05) is 0 Å². The van der Waals surface area contributed by atoms with Crippen LogP contribution >= 0.6 is 0 Å². The van der Waals surface area contributed by atoms with Crippen molar-refractivity contribution in [2.45, 2.75) is 37.2 Å². The predicted octanol–water partition coefficient (Wildman–Crippen LogP) is 2.01. The Hall–Kier alpha value is -2.35. The van der Waals surface area contributed by atoms with Crippen LogP contribution in [0.3, 0.4) is 0 Å². The van der Waals surface area contributed by atoms with Crippen LogP contribution in [-0.4, -0.2) is 44.6 Å². The second kappa shape index (κ2) is 7.04. The minimum Gasteiger partial charge on any atom is -0.467 e. The van der Waals surface area contributed by atoms with Gasteiger partial charge in [-0.15, -0.1) is 0 Å². The molecule has 1 aliphatic rings. The molecule has 0 saturated carbocycles. The Morgan fingerprint density at radius 3 is 2.42 bits per heavy atom. The molecule has 0 N–H and O–H groups in total. The van der Waals surface area contributed by atoms with Crippen molar-refractivity contribution in [1.82, 2.24) is 4.90 Å². The van der Waals surface area contributed by atoms with Gasteiger partial charge in [-0.25, -0.2) is 9.59 Å². The lowest BCUT2D eigenvalue weighted by atomic mass is 10.0. The third kappa shape index (κ3) is 3.76. The fourth-order valence-electron chi connectivity index (χ4n) is 2.42. The minimum atomic E-state index is -4.27. The molecule has 1 heterocycles. The first kappa shape index (κ1) is 18.0. The van der Waals surface area contributed by atoms with Crippen LogP contribution in [0.5, 0.6) is 0 Å². The SMILES string of the molecule is COC(=O)[C@H]1CC=C[C@@H](C)N1C(=O)OS(=O)(=O)c1ccc(C)cc1. The molecule has 0 fully saturated rings. The van der Waals surface area contributed by atoms with E-state index in [0.29, 0.717) is 0 Å². The molecular formula is C16H19NO6S. The summed E-state index contributed by atoms with van der Waals surface area (Å²) in [5.74, 6) is -0.629. The number of amides is 1. The summed E-state index contributed by atoms with van der Waals surface area (Å²) >= 11 is 0. The van der Waals surface area contributed by atoms with Crippen molar-refractivity contribution in [1.29, 1.82) is 0 Å². The third-order valence-corrected chi connectivity index (χ3v) is 4.93. The normalized spacial score (nSPS) is 20.5. The van der Waals surface area contributed by atoms with Crippen LogP contribution in [0.15, 0.2) is 41.3 Å². The highest BCUT2D eigenvalue weighted by molar-refractivity contribution is 7.87. The van der Waals surface area contributed by atoms with E-state index in [0.717, 1.165) is 10.5 Å². The second-order valence-electron chi connectivity index (χ2n) is 5.47. The molecule has 0 saturated heterocycles. The first-order chi connectivity index (χ1) is 11.3. The van der Waals surface area contributed by atoms with Crippen LogP contribution < -0.4 is 0 Å². The lowest BCUT2D eigenvalue weighted by Crippen LogP contribution is -2.51. The quantitative estimate of drug-likeness (QED) is 0.469. The summed E-state index contributed by atoms with van der Waals surface area (Å²) in [6, 6.07) is 4.50. The van der Waals surface area contributed by atoms with E-state index in [2.05, 4.69) is 4.74 Å². The number of hydrogen-bond acceptors (Lipinski definition) is 6. The number of benzene rings is 1. The lowest BCUT2D eigenvalue weighted by molar-refractivity contribution is -0.146. The molecule has 0 spiro atoms. The number of rotatable bonds is 3. The molecule has 1 aliphatic heterocycles. The van der Waals surface area contributed by atoms with Crippen LogP contribution in [0.25, 0.3) is 0 Å². The zero-order chi connectivity index (χ0) is 17.9. The Kier molecular flexibility index (Phi) is 5.28. The number of carbonyl (C=O) groups is 2. The van der Waals surface area contributed by atoms with E-state index in [1.807, 2.05) is 6.92 Å². The van der Waals surface area contributed by atoms with E-state index < -0.39 is 34.3 Å². The molecule has 1 aromatic carbocycles. The Bertz CT molecular complexity index is 753. The van der Waals surface area contributed by atoms with Gasteiger partial charge in [0.2, 0.25) is 0 Å². The van der Waals surface area contributed by atoms with Crippen LogP contribution in [0.2, 0.25) is 0 Å². The largest absolute Gasteiger partial charge is 0.467 e. The van der Waals surface area contributed by atoms with E-state index in [9.17, 15) is 18.0 Å². The van der Waals surface area contributed by atoms with Gasteiger partial charge in [0.25, 0.3) is 0 Å². The van der Waals surface area contributed by atoms with Crippen molar-refractivity contribution in [2.24, 2.45) is 0 Å². The van der Waals surface area contributed by atoms with E-state index in [1.54, 1.807) is 31.2 Å². The average Bonchev–Trinajstić information content (AvgIpc) is 2.53. The average molecular weight is 353 g/mol. The first-order valence-corrected chi connectivity index (χ1v) is 8.75. The van der Waals surface area contributed by atoms with Crippen molar-refractivity contribution in [3.05, 3.63) is 42.0 Å². The van der Waals surface area contributed by atoms with Crippen LogP contribution in [-0.2, 0) is 23.8 Å². The molecule has 0 bridgehead atoms. The Balaban J connectivity index is 2.24. The predicted molar refractivity (Wildman–Crippen MR) is 85.7 cm³/mol. The van der Waals surface area contributed by atoms with Gasteiger partial charge in [0.15, 0.2) is 0 Å². The first-order valence-electron chi connectivity index (χ1n) is 7.34. The van der Waals surface area contributed by atoms with Gasteiger partial charge < -0.3 is 8.92 Å². The number of esters is 1. The maximum absolute atomic E-state index is 12.4. The second-order valence-corrected chi connectivity index (χ2v) is 7.01. The highest BCUT2D eigenvalue weighted by Gasteiger charge is 2.38. The molecule has 0 unspecified atom stereocenters. The van der Waals surface area contributed by atoms with Crippen LogP contribution in [0.4, 0.5) is 4.79 Å². The summed E-state index contributed by atoms with van der Waals surface area (Å²) in [7, 11) is -3.07. The topological polar surface area (TPSA) is 90.0 Å².